The lowest BCUT2D eigenvalue weighted by Gasteiger charge is -2.47. The Kier molecular flexibility index (Phi) is 16.7. The predicted octanol–water partition coefficient (Wildman–Crippen LogP) is 4.59. The highest BCUT2D eigenvalue weighted by atomic mass is 16.2. The number of nitrogens with one attached hydrogen (secondary N) is 4. The molecule has 4 saturated heterocycles. The average molecular weight is 965 g/mol. The SMILES string of the molecule is CC(C)C[C@@H]1NC(=O)c2ccc(cc2)C(=O)N[C@@H](CC(C)C)C(=O)N2CC3CC(C2)CN(C3)C(=O)[C@H](CC(C)C)NC(=O)c2ccc(cc2)C(=O)N[C@@H](CC(C)C)C(=O)N2CC3CC(CN(C3)C1=O)C2. The molecule has 4 atom stereocenters. The Balaban J connectivity index is 1.15. The molecule has 8 amide bonds. The van der Waals surface area contributed by atoms with Gasteiger partial charge < -0.3 is 40.9 Å². The molecule has 0 unspecified atom stereocenters. The van der Waals surface area contributed by atoms with Gasteiger partial charge in [-0.05, 0) is 134 Å². The number of hydrogen-bond acceptors (Lipinski definition) is 8. The molecule has 2 aromatic rings. The third-order valence-corrected chi connectivity index (χ3v) is 14.5. The molecule has 0 saturated carbocycles. The Hall–Kier alpha value is -5.80. The summed E-state index contributed by atoms with van der Waals surface area (Å²) in [6.45, 7) is 19.4. The van der Waals surface area contributed by atoms with Crippen LogP contribution in [-0.2, 0) is 19.2 Å². The minimum absolute atomic E-state index is 0.0110. The monoisotopic (exact) mass is 965 g/mol. The molecule has 14 heterocycles. The minimum Gasteiger partial charge on any atom is -0.340 e. The molecule has 380 valence electrons. The molecule has 14 aliphatic rings. The van der Waals surface area contributed by atoms with E-state index in [2.05, 4.69) is 21.3 Å². The summed E-state index contributed by atoms with van der Waals surface area (Å²) in [7, 11) is 0. The van der Waals surface area contributed by atoms with Gasteiger partial charge in [-0.1, -0.05) is 55.4 Å². The number of nitrogens with zero attached hydrogens (tertiary/aromatic N) is 4. The van der Waals surface area contributed by atoms with E-state index in [1.54, 1.807) is 48.5 Å². The summed E-state index contributed by atoms with van der Waals surface area (Å²) in [4.78, 5) is 120. The fraction of sp³-hybridized carbons (Fsp3) is 0.630. The van der Waals surface area contributed by atoms with E-state index in [1.165, 1.54) is 0 Å². The maximum Gasteiger partial charge on any atom is 0.251 e. The predicted molar refractivity (Wildman–Crippen MR) is 265 cm³/mol. The van der Waals surface area contributed by atoms with Gasteiger partial charge >= 0.3 is 0 Å². The van der Waals surface area contributed by atoms with Crippen molar-refractivity contribution in [2.24, 2.45) is 47.3 Å². The van der Waals surface area contributed by atoms with Crippen LogP contribution in [0.1, 0.15) is 135 Å². The number of carbonyl (C=O) groups excluding carboxylic acids is 8. The van der Waals surface area contributed by atoms with Crippen molar-refractivity contribution >= 4 is 47.3 Å². The topological polar surface area (TPSA) is 198 Å². The Bertz CT molecular complexity index is 1930. The van der Waals surface area contributed by atoms with Crippen molar-refractivity contribution < 1.29 is 38.4 Å². The van der Waals surface area contributed by atoms with Crippen molar-refractivity contribution in [2.75, 3.05) is 52.4 Å². The number of amides is 8. The lowest BCUT2D eigenvalue weighted by Crippen LogP contribution is -2.60. The van der Waals surface area contributed by atoms with Crippen molar-refractivity contribution in [3.8, 4) is 0 Å². The van der Waals surface area contributed by atoms with Gasteiger partial charge in [0.25, 0.3) is 23.6 Å². The molecule has 0 spiro atoms. The largest absolute Gasteiger partial charge is 0.340 e. The average Bonchev–Trinajstić information content (AvgIpc) is 3.30. The molecule has 12 bridgehead atoms. The third kappa shape index (κ3) is 12.9. The quantitative estimate of drug-likeness (QED) is 0.295. The van der Waals surface area contributed by atoms with Gasteiger partial charge in [0.2, 0.25) is 23.6 Å². The van der Waals surface area contributed by atoms with Gasteiger partial charge in [0.05, 0.1) is 0 Å². The van der Waals surface area contributed by atoms with Gasteiger partial charge in [-0.15, -0.1) is 0 Å². The Morgan fingerprint density at radius 3 is 0.671 bits per heavy atom. The lowest BCUT2D eigenvalue weighted by atomic mass is 9.83. The standard InChI is InChI=1S/C54H76N8O8/c1-31(2)17-43-51(67)59-23-35-21-36(24-59)26-60(25-35)52(68)44(18-32(3)4)57-49(65)41-13-15-42(16-14-41)50(66)58-46(20-34(7)8)54(70)62-29-37-22-38(30-62)28-61(27-37)53(69)45(19-33(5)6)56-48(64)40-11-9-39(10-12-40)47(63)55-43/h9-16,31-38,43-46H,17-30H2,1-8H3,(H,55,63)(H,56,64)(H,57,65)(H,58,66)/t35?,36?,37?,38?,43-,44-,45-,46-/m0/s1. The second-order valence-electron chi connectivity index (χ2n) is 22.7. The van der Waals surface area contributed by atoms with Crippen molar-refractivity contribution in [1.82, 2.24) is 40.9 Å². The summed E-state index contributed by atoms with van der Waals surface area (Å²) in [6, 6.07) is 9.33. The first kappa shape index (κ1) is 52.0. The number of carbonyl (C=O) groups is 8. The molecule has 16 rings (SSSR count). The van der Waals surface area contributed by atoms with Crippen LogP contribution in [0.4, 0.5) is 0 Å². The van der Waals surface area contributed by atoms with Crippen LogP contribution < -0.4 is 21.3 Å². The number of piperidine rings is 4. The van der Waals surface area contributed by atoms with Gasteiger partial charge in [-0.2, -0.15) is 0 Å². The molecule has 0 radical (unpaired) electrons. The smallest absolute Gasteiger partial charge is 0.251 e. The molecule has 2 aromatic carbocycles. The van der Waals surface area contributed by atoms with E-state index in [1.807, 2.05) is 75.0 Å². The Morgan fingerprint density at radius 2 is 0.514 bits per heavy atom. The summed E-state index contributed by atoms with van der Waals surface area (Å²) < 4.78 is 0. The summed E-state index contributed by atoms with van der Waals surface area (Å²) in [5.41, 5.74) is 1.17. The fourth-order valence-corrected chi connectivity index (χ4v) is 11.4. The van der Waals surface area contributed by atoms with E-state index in [0.29, 0.717) is 100 Å². The van der Waals surface area contributed by atoms with E-state index in [9.17, 15) is 38.4 Å². The highest BCUT2D eigenvalue weighted by Crippen LogP contribution is 2.32. The highest BCUT2D eigenvalue weighted by molar-refractivity contribution is 6.02. The van der Waals surface area contributed by atoms with E-state index >= 15 is 0 Å². The van der Waals surface area contributed by atoms with E-state index in [-0.39, 0.29) is 71.0 Å². The third-order valence-electron chi connectivity index (χ3n) is 14.5. The zero-order valence-corrected chi connectivity index (χ0v) is 42.5. The number of benzene rings is 2. The molecule has 0 aliphatic carbocycles. The minimum atomic E-state index is -0.786. The van der Waals surface area contributed by atoms with Crippen LogP contribution in [0.5, 0.6) is 0 Å². The second kappa shape index (κ2) is 22.5. The summed E-state index contributed by atoms with van der Waals surface area (Å²) in [5.74, 6) is -1.98. The molecule has 16 nitrogen and oxygen atoms in total. The van der Waals surface area contributed by atoms with E-state index in [4.69, 9.17) is 0 Å². The van der Waals surface area contributed by atoms with Crippen LogP contribution >= 0.6 is 0 Å². The molecule has 0 aromatic heterocycles. The Morgan fingerprint density at radius 1 is 0.343 bits per heavy atom. The molecular weight excluding hydrogens is 889 g/mol. The van der Waals surface area contributed by atoms with Gasteiger partial charge in [0, 0.05) is 74.6 Å². The molecule has 4 N–H and O–H groups in total. The first-order chi connectivity index (χ1) is 33.2. The highest BCUT2D eigenvalue weighted by Gasteiger charge is 2.43. The zero-order chi connectivity index (χ0) is 50.6. The van der Waals surface area contributed by atoms with Gasteiger partial charge in [-0.25, -0.2) is 0 Å². The fourth-order valence-electron chi connectivity index (χ4n) is 11.4. The maximum atomic E-state index is 14.3. The maximum absolute atomic E-state index is 14.3. The van der Waals surface area contributed by atoms with Crippen LogP contribution in [0.15, 0.2) is 48.5 Å². The summed E-state index contributed by atoms with van der Waals surface area (Å²) in [5, 5.41) is 12.0. The lowest BCUT2D eigenvalue weighted by molar-refractivity contribution is -0.144. The first-order valence-corrected chi connectivity index (χ1v) is 25.8. The van der Waals surface area contributed by atoms with Crippen molar-refractivity contribution in [2.45, 2.75) is 118 Å². The zero-order valence-electron chi connectivity index (χ0n) is 42.5. The van der Waals surface area contributed by atoms with Crippen LogP contribution in [0.2, 0.25) is 0 Å². The molecule has 14 aliphatic heterocycles. The van der Waals surface area contributed by atoms with Crippen molar-refractivity contribution in [3.63, 3.8) is 0 Å². The summed E-state index contributed by atoms with van der Waals surface area (Å²) in [6.07, 6.45) is 3.40. The van der Waals surface area contributed by atoms with Crippen LogP contribution in [0.25, 0.3) is 0 Å². The van der Waals surface area contributed by atoms with Crippen LogP contribution in [0, 0.1) is 47.3 Å². The van der Waals surface area contributed by atoms with Crippen LogP contribution in [0.3, 0.4) is 0 Å². The summed E-state index contributed by atoms with van der Waals surface area (Å²) >= 11 is 0. The van der Waals surface area contributed by atoms with Crippen molar-refractivity contribution in [3.05, 3.63) is 70.8 Å². The normalized spacial score (nSPS) is 27.6. The van der Waals surface area contributed by atoms with E-state index in [0.717, 1.165) is 12.8 Å². The molecule has 16 heteroatoms. The second-order valence-corrected chi connectivity index (χ2v) is 22.7. The molecular formula is C54H76N8O8. The van der Waals surface area contributed by atoms with Gasteiger partial charge in [0.1, 0.15) is 24.2 Å². The number of hydrogen-bond donors (Lipinski definition) is 4. The Labute approximate surface area is 413 Å². The van der Waals surface area contributed by atoms with Gasteiger partial charge in [0.15, 0.2) is 0 Å². The van der Waals surface area contributed by atoms with Crippen molar-refractivity contribution in [1.29, 1.82) is 0 Å². The number of rotatable bonds is 8. The van der Waals surface area contributed by atoms with Crippen LogP contribution in [-0.4, -0.2) is 143 Å². The molecule has 4 fully saturated rings. The van der Waals surface area contributed by atoms with Gasteiger partial charge in [-0.3, -0.25) is 38.4 Å². The van der Waals surface area contributed by atoms with E-state index < -0.39 is 47.8 Å². The first-order valence-electron chi connectivity index (χ1n) is 25.8. The molecule has 70 heavy (non-hydrogen) atoms.